The van der Waals surface area contributed by atoms with Crippen LogP contribution < -0.4 is 0 Å². The van der Waals surface area contributed by atoms with Crippen molar-refractivity contribution in [1.82, 2.24) is 4.90 Å². The van der Waals surface area contributed by atoms with Gasteiger partial charge in [-0.15, -0.1) is 0 Å². The van der Waals surface area contributed by atoms with Crippen LogP contribution in [0.5, 0.6) is 0 Å². The maximum absolute atomic E-state index is 11.5. The fraction of sp³-hybridized carbons (Fsp3) is 0.889. The molecule has 2 fully saturated rings. The van der Waals surface area contributed by atoms with Crippen LogP contribution in [-0.2, 0) is 9.53 Å². The van der Waals surface area contributed by atoms with Crippen LogP contribution in [-0.4, -0.2) is 36.6 Å². The number of hydrogen-bond donors (Lipinski definition) is 0. The summed E-state index contributed by atoms with van der Waals surface area (Å²) in [7, 11) is 1.71. The summed E-state index contributed by atoms with van der Waals surface area (Å²) in [5.74, 6) is 0.691. The van der Waals surface area contributed by atoms with Crippen molar-refractivity contribution in [3.63, 3.8) is 0 Å². The fourth-order valence-corrected chi connectivity index (χ4v) is 1.63. The van der Waals surface area contributed by atoms with Crippen LogP contribution in [0.3, 0.4) is 0 Å². The minimum absolute atomic E-state index is 0.0649. The Morgan fingerprint density at radius 1 is 1.50 bits per heavy atom. The highest BCUT2D eigenvalue weighted by Crippen LogP contribution is 2.34. The highest BCUT2D eigenvalue weighted by atomic mass is 16.5. The third kappa shape index (κ3) is 1.22. The first kappa shape index (κ1) is 8.05. The Bertz CT molecular complexity index is 205. The van der Waals surface area contributed by atoms with Crippen LogP contribution in [0.15, 0.2) is 0 Å². The van der Waals surface area contributed by atoms with E-state index in [2.05, 4.69) is 0 Å². The molecular formula is C9H15NO2. The van der Waals surface area contributed by atoms with Gasteiger partial charge in [-0.05, 0) is 19.8 Å². The zero-order chi connectivity index (χ0) is 8.77. The molecule has 0 atom stereocenters. The lowest BCUT2D eigenvalue weighted by molar-refractivity contribution is -0.159. The Morgan fingerprint density at radius 3 is 2.50 bits per heavy atom. The summed E-state index contributed by atoms with van der Waals surface area (Å²) in [6, 6.07) is 0. The maximum Gasteiger partial charge on any atom is 0.225 e. The van der Waals surface area contributed by atoms with Crippen LogP contribution in [0, 0.1) is 5.92 Å². The average molecular weight is 169 g/mol. The van der Waals surface area contributed by atoms with Gasteiger partial charge in [0.25, 0.3) is 0 Å². The van der Waals surface area contributed by atoms with Gasteiger partial charge in [-0.3, -0.25) is 4.79 Å². The smallest absolute Gasteiger partial charge is 0.225 e. The minimum atomic E-state index is -0.0649. The van der Waals surface area contributed by atoms with Gasteiger partial charge >= 0.3 is 0 Å². The number of likely N-dealkylation sites (tertiary alicyclic amines) is 1. The lowest BCUT2D eigenvalue weighted by atomic mass is 9.96. The molecule has 0 N–H and O–H groups in total. The Hall–Kier alpha value is -0.570. The zero-order valence-corrected chi connectivity index (χ0v) is 7.67. The van der Waals surface area contributed by atoms with E-state index in [1.165, 1.54) is 0 Å². The number of amides is 1. The van der Waals surface area contributed by atoms with Crippen molar-refractivity contribution in [2.45, 2.75) is 25.4 Å². The summed E-state index contributed by atoms with van der Waals surface area (Å²) in [5, 5.41) is 0. The molecule has 12 heavy (non-hydrogen) atoms. The molecule has 68 valence electrons. The van der Waals surface area contributed by atoms with Gasteiger partial charge in [-0.1, -0.05) is 0 Å². The highest BCUT2D eigenvalue weighted by molar-refractivity contribution is 5.82. The third-order valence-corrected chi connectivity index (χ3v) is 2.78. The van der Waals surface area contributed by atoms with E-state index in [0.29, 0.717) is 11.8 Å². The predicted octanol–water partition coefficient (Wildman–Crippen LogP) is 0.644. The van der Waals surface area contributed by atoms with Gasteiger partial charge in [0.15, 0.2) is 0 Å². The summed E-state index contributed by atoms with van der Waals surface area (Å²) >= 11 is 0. The molecule has 0 radical (unpaired) electrons. The van der Waals surface area contributed by atoms with E-state index >= 15 is 0 Å². The number of carbonyl (C=O) groups excluding carboxylic acids is 1. The summed E-state index contributed by atoms with van der Waals surface area (Å²) in [5.41, 5.74) is -0.0649. The average Bonchev–Trinajstić information content (AvgIpc) is 2.79. The summed E-state index contributed by atoms with van der Waals surface area (Å²) in [6.07, 6.45) is 2.19. The molecule has 0 aromatic heterocycles. The van der Waals surface area contributed by atoms with Crippen molar-refractivity contribution in [3.05, 3.63) is 0 Å². The second kappa shape index (κ2) is 2.46. The first-order valence-corrected chi connectivity index (χ1v) is 4.48. The minimum Gasteiger partial charge on any atom is -0.375 e. The van der Waals surface area contributed by atoms with Crippen molar-refractivity contribution in [3.8, 4) is 0 Å². The first-order valence-electron chi connectivity index (χ1n) is 4.48. The molecule has 1 amide bonds. The van der Waals surface area contributed by atoms with Gasteiger partial charge in [0, 0.05) is 13.0 Å². The molecular weight excluding hydrogens is 154 g/mol. The quantitative estimate of drug-likeness (QED) is 0.607. The molecule has 1 saturated heterocycles. The van der Waals surface area contributed by atoms with Gasteiger partial charge < -0.3 is 9.64 Å². The number of ether oxygens (including phenoxy) is 1. The summed E-state index contributed by atoms with van der Waals surface area (Å²) < 4.78 is 5.26. The van der Waals surface area contributed by atoms with Gasteiger partial charge in [0.05, 0.1) is 18.7 Å². The third-order valence-electron chi connectivity index (χ3n) is 2.78. The molecule has 1 heterocycles. The summed E-state index contributed by atoms with van der Waals surface area (Å²) in [4.78, 5) is 13.4. The second-order valence-corrected chi connectivity index (χ2v) is 4.12. The summed E-state index contributed by atoms with van der Waals surface area (Å²) in [6.45, 7) is 3.60. The lowest BCUT2D eigenvalue weighted by Gasteiger charge is -2.46. The van der Waals surface area contributed by atoms with E-state index in [-0.39, 0.29) is 5.60 Å². The van der Waals surface area contributed by atoms with E-state index in [1.54, 1.807) is 7.11 Å². The normalized spacial score (nSPS) is 26.7. The molecule has 0 unspecified atom stereocenters. The number of hydrogen-bond acceptors (Lipinski definition) is 2. The predicted molar refractivity (Wildman–Crippen MR) is 44.7 cm³/mol. The molecule has 2 aliphatic rings. The number of rotatable bonds is 2. The molecule has 0 bridgehead atoms. The topological polar surface area (TPSA) is 29.5 Å². The van der Waals surface area contributed by atoms with Crippen molar-refractivity contribution in [2.24, 2.45) is 5.92 Å². The second-order valence-electron chi connectivity index (χ2n) is 4.12. The van der Waals surface area contributed by atoms with Crippen LogP contribution in [0.1, 0.15) is 19.8 Å². The number of methoxy groups -OCH3 is 1. The van der Waals surface area contributed by atoms with E-state index in [1.807, 2.05) is 11.8 Å². The van der Waals surface area contributed by atoms with Crippen LogP contribution in [0.25, 0.3) is 0 Å². The Kier molecular flexibility index (Phi) is 1.65. The number of carbonyl (C=O) groups is 1. The van der Waals surface area contributed by atoms with E-state index in [4.69, 9.17) is 4.74 Å². The van der Waals surface area contributed by atoms with Crippen molar-refractivity contribution < 1.29 is 9.53 Å². The molecule has 0 spiro atoms. The Labute approximate surface area is 72.7 Å². The van der Waals surface area contributed by atoms with Crippen molar-refractivity contribution >= 4 is 5.91 Å². The van der Waals surface area contributed by atoms with Crippen molar-refractivity contribution in [2.75, 3.05) is 20.2 Å². The molecule has 3 nitrogen and oxygen atoms in total. The van der Waals surface area contributed by atoms with Gasteiger partial charge in [0.1, 0.15) is 0 Å². The van der Waals surface area contributed by atoms with E-state index < -0.39 is 0 Å². The molecule has 2 rings (SSSR count). The number of nitrogens with zero attached hydrogens (tertiary/aromatic N) is 1. The molecule has 1 aliphatic carbocycles. The SMILES string of the molecule is COC1(C)CN(C(=O)C2CC2)C1. The lowest BCUT2D eigenvalue weighted by Crippen LogP contribution is -2.63. The standard InChI is InChI=1S/C9H15NO2/c1-9(12-2)5-10(6-9)8(11)7-3-4-7/h7H,3-6H2,1-2H3. The fourth-order valence-electron chi connectivity index (χ4n) is 1.63. The Morgan fingerprint density at radius 2 is 2.08 bits per heavy atom. The molecule has 1 aliphatic heterocycles. The van der Waals surface area contributed by atoms with Crippen LogP contribution >= 0.6 is 0 Å². The van der Waals surface area contributed by atoms with Gasteiger partial charge in [-0.2, -0.15) is 0 Å². The largest absolute Gasteiger partial charge is 0.375 e. The molecule has 1 saturated carbocycles. The monoisotopic (exact) mass is 169 g/mol. The molecule has 0 aromatic carbocycles. The van der Waals surface area contributed by atoms with Gasteiger partial charge in [-0.25, -0.2) is 0 Å². The zero-order valence-electron chi connectivity index (χ0n) is 7.67. The molecule has 0 aromatic rings. The maximum atomic E-state index is 11.5. The van der Waals surface area contributed by atoms with E-state index in [9.17, 15) is 4.79 Å². The highest BCUT2D eigenvalue weighted by Gasteiger charge is 2.45. The van der Waals surface area contributed by atoms with Crippen LogP contribution in [0.4, 0.5) is 0 Å². The van der Waals surface area contributed by atoms with Crippen LogP contribution in [0.2, 0.25) is 0 Å². The molecule has 3 heteroatoms. The Balaban J connectivity index is 1.83. The first-order chi connectivity index (χ1) is 5.64. The van der Waals surface area contributed by atoms with E-state index in [0.717, 1.165) is 25.9 Å². The van der Waals surface area contributed by atoms with Crippen molar-refractivity contribution in [1.29, 1.82) is 0 Å². The van der Waals surface area contributed by atoms with Gasteiger partial charge in [0.2, 0.25) is 5.91 Å².